The summed E-state index contributed by atoms with van der Waals surface area (Å²) in [5.41, 5.74) is 6.97. The highest BCUT2D eigenvalue weighted by Gasteiger charge is 2.06. The molecule has 17 heavy (non-hydrogen) atoms. The molecule has 0 fully saturated rings. The minimum absolute atomic E-state index is 0.0557. The molecular formula is C13H13BrN2S. The van der Waals surface area contributed by atoms with E-state index in [0.29, 0.717) is 0 Å². The van der Waals surface area contributed by atoms with Gasteiger partial charge in [-0.1, -0.05) is 23.9 Å². The molecular weight excluding hydrogens is 296 g/mol. The number of pyridine rings is 1. The van der Waals surface area contributed by atoms with Gasteiger partial charge in [0.25, 0.3) is 0 Å². The number of hydrogen-bond acceptors (Lipinski definition) is 3. The quantitative estimate of drug-likeness (QED) is 0.931. The van der Waals surface area contributed by atoms with Gasteiger partial charge in [0.1, 0.15) is 5.03 Å². The molecule has 1 aromatic carbocycles. The number of nitrogens with two attached hydrogens (primary N) is 1. The van der Waals surface area contributed by atoms with E-state index in [1.807, 2.05) is 25.1 Å². The van der Waals surface area contributed by atoms with Crippen molar-refractivity contribution in [3.63, 3.8) is 0 Å². The molecule has 88 valence electrons. The van der Waals surface area contributed by atoms with E-state index in [1.54, 1.807) is 18.0 Å². The highest BCUT2D eigenvalue weighted by Crippen LogP contribution is 2.33. The van der Waals surface area contributed by atoms with Crippen LogP contribution < -0.4 is 5.73 Å². The SMILES string of the molecule is CC(N)c1ccc(Sc2ccccn2)c(Br)c1. The zero-order valence-corrected chi connectivity index (χ0v) is 11.8. The molecule has 0 saturated heterocycles. The first kappa shape index (κ1) is 12.6. The predicted octanol–water partition coefficient (Wildman–Crippen LogP) is 4.02. The smallest absolute Gasteiger partial charge is 0.101 e. The summed E-state index contributed by atoms with van der Waals surface area (Å²) in [5, 5.41) is 0.988. The van der Waals surface area contributed by atoms with Gasteiger partial charge in [0.05, 0.1) is 0 Å². The Morgan fingerprint density at radius 1 is 1.29 bits per heavy atom. The Bertz CT molecular complexity index is 500. The van der Waals surface area contributed by atoms with E-state index >= 15 is 0 Å². The molecule has 0 aliphatic heterocycles. The van der Waals surface area contributed by atoms with Crippen molar-refractivity contribution in [3.05, 3.63) is 52.6 Å². The maximum absolute atomic E-state index is 5.85. The van der Waals surface area contributed by atoms with Gasteiger partial charge >= 0.3 is 0 Å². The van der Waals surface area contributed by atoms with Crippen LogP contribution in [0.15, 0.2) is 57.0 Å². The second-order valence-corrected chi connectivity index (χ2v) is 5.67. The molecule has 1 aromatic heterocycles. The van der Waals surface area contributed by atoms with Crippen LogP contribution in [-0.4, -0.2) is 4.98 Å². The third-order valence-corrected chi connectivity index (χ3v) is 4.28. The van der Waals surface area contributed by atoms with Crippen LogP contribution in [0.4, 0.5) is 0 Å². The van der Waals surface area contributed by atoms with Crippen molar-refractivity contribution >= 4 is 27.7 Å². The summed E-state index contributed by atoms with van der Waals surface area (Å²) in [6.45, 7) is 1.98. The Labute approximate surface area is 114 Å². The average Bonchev–Trinajstić information content (AvgIpc) is 2.33. The molecule has 2 nitrogen and oxygen atoms in total. The molecule has 0 aliphatic carbocycles. The number of aromatic nitrogens is 1. The van der Waals surface area contributed by atoms with E-state index in [2.05, 4.69) is 39.1 Å². The lowest BCUT2D eigenvalue weighted by atomic mass is 10.1. The van der Waals surface area contributed by atoms with Gasteiger partial charge in [0.2, 0.25) is 0 Å². The Morgan fingerprint density at radius 3 is 2.71 bits per heavy atom. The zero-order valence-electron chi connectivity index (χ0n) is 9.43. The number of halogens is 1. The summed E-state index contributed by atoms with van der Waals surface area (Å²) in [7, 11) is 0. The minimum atomic E-state index is 0.0557. The van der Waals surface area contributed by atoms with Gasteiger partial charge in [0.15, 0.2) is 0 Å². The van der Waals surface area contributed by atoms with Crippen LogP contribution >= 0.6 is 27.7 Å². The summed E-state index contributed by atoms with van der Waals surface area (Å²) < 4.78 is 1.06. The van der Waals surface area contributed by atoms with E-state index in [1.165, 1.54) is 0 Å². The fourth-order valence-corrected chi connectivity index (χ4v) is 2.82. The van der Waals surface area contributed by atoms with Crippen LogP contribution in [0.5, 0.6) is 0 Å². The van der Waals surface area contributed by atoms with E-state index in [9.17, 15) is 0 Å². The standard InChI is InChI=1S/C13H13BrN2S/c1-9(15)10-5-6-12(11(14)8-10)17-13-4-2-3-7-16-13/h2-9H,15H2,1H3. The van der Waals surface area contributed by atoms with Crippen LogP contribution in [0.1, 0.15) is 18.5 Å². The Kier molecular flexibility index (Phi) is 4.20. The van der Waals surface area contributed by atoms with Gasteiger partial charge in [-0.2, -0.15) is 0 Å². The number of nitrogens with zero attached hydrogens (tertiary/aromatic N) is 1. The first-order valence-corrected chi connectivity index (χ1v) is 6.91. The van der Waals surface area contributed by atoms with E-state index in [-0.39, 0.29) is 6.04 Å². The molecule has 1 unspecified atom stereocenters. The van der Waals surface area contributed by atoms with Gasteiger partial charge in [-0.15, -0.1) is 0 Å². The van der Waals surface area contributed by atoms with Gasteiger partial charge in [-0.3, -0.25) is 0 Å². The lowest BCUT2D eigenvalue weighted by Crippen LogP contribution is -2.04. The van der Waals surface area contributed by atoms with Crippen molar-refractivity contribution in [2.45, 2.75) is 22.9 Å². The Hall–Kier alpha value is -0.840. The lowest BCUT2D eigenvalue weighted by Gasteiger charge is -2.09. The normalized spacial score (nSPS) is 12.4. The second-order valence-electron chi connectivity index (χ2n) is 3.75. The predicted molar refractivity (Wildman–Crippen MR) is 75.1 cm³/mol. The largest absolute Gasteiger partial charge is 0.324 e. The van der Waals surface area contributed by atoms with Crippen LogP contribution in [0, 0.1) is 0 Å². The number of hydrogen-bond donors (Lipinski definition) is 1. The first-order valence-electron chi connectivity index (χ1n) is 5.31. The van der Waals surface area contributed by atoms with Crippen LogP contribution in [0.25, 0.3) is 0 Å². The summed E-state index contributed by atoms with van der Waals surface area (Å²) >= 11 is 5.20. The van der Waals surface area contributed by atoms with Gasteiger partial charge < -0.3 is 5.73 Å². The molecule has 0 bridgehead atoms. The molecule has 2 rings (SSSR count). The summed E-state index contributed by atoms with van der Waals surface area (Å²) in [6, 6.07) is 12.1. The molecule has 2 aromatic rings. The molecule has 4 heteroatoms. The molecule has 0 saturated carbocycles. The van der Waals surface area contributed by atoms with Gasteiger partial charge in [0, 0.05) is 21.6 Å². The molecule has 0 radical (unpaired) electrons. The summed E-state index contributed by atoms with van der Waals surface area (Å²) in [4.78, 5) is 5.44. The average molecular weight is 309 g/mol. The third kappa shape index (κ3) is 3.31. The fourth-order valence-electron chi connectivity index (χ4n) is 1.40. The van der Waals surface area contributed by atoms with Crippen molar-refractivity contribution in [1.82, 2.24) is 4.98 Å². The van der Waals surface area contributed by atoms with Crippen LogP contribution in [0.3, 0.4) is 0 Å². The molecule has 2 N–H and O–H groups in total. The van der Waals surface area contributed by atoms with Crippen molar-refractivity contribution in [3.8, 4) is 0 Å². The lowest BCUT2D eigenvalue weighted by molar-refractivity contribution is 0.815. The molecule has 1 atom stereocenters. The van der Waals surface area contributed by atoms with Crippen molar-refractivity contribution in [2.24, 2.45) is 5.73 Å². The van der Waals surface area contributed by atoms with E-state index in [4.69, 9.17) is 5.73 Å². The highest BCUT2D eigenvalue weighted by molar-refractivity contribution is 9.10. The first-order chi connectivity index (χ1) is 8.16. The Balaban J connectivity index is 2.23. The monoisotopic (exact) mass is 308 g/mol. The zero-order chi connectivity index (χ0) is 12.3. The third-order valence-electron chi connectivity index (χ3n) is 2.33. The van der Waals surface area contributed by atoms with Gasteiger partial charge in [-0.05, 0) is 52.7 Å². The van der Waals surface area contributed by atoms with E-state index in [0.717, 1.165) is 20.0 Å². The van der Waals surface area contributed by atoms with Crippen molar-refractivity contribution < 1.29 is 0 Å². The van der Waals surface area contributed by atoms with Crippen molar-refractivity contribution in [2.75, 3.05) is 0 Å². The fraction of sp³-hybridized carbons (Fsp3) is 0.154. The topological polar surface area (TPSA) is 38.9 Å². The molecule has 0 amide bonds. The maximum atomic E-state index is 5.85. The maximum Gasteiger partial charge on any atom is 0.101 e. The highest BCUT2D eigenvalue weighted by atomic mass is 79.9. The Morgan fingerprint density at radius 2 is 2.12 bits per heavy atom. The van der Waals surface area contributed by atoms with Crippen molar-refractivity contribution in [1.29, 1.82) is 0 Å². The number of rotatable bonds is 3. The molecule has 0 spiro atoms. The summed E-state index contributed by atoms with van der Waals surface area (Å²) in [5.74, 6) is 0. The van der Waals surface area contributed by atoms with E-state index < -0.39 is 0 Å². The van der Waals surface area contributed by atoms with Crippen LogP contribution in [0.2, 0.25) is 0 Å². The molecule has 1 heterocycles. The second kappa shape index (κ2) is 5.67. The minimum Gasteiger partial charge on any atom is -0.324 e. The van der Waals surface area contributed by atoms with Crippen LogP contribution in [-0.2, 0) is 0 Å². The van der Waals surface area contributed by atoms with Gasteiger partial charge in [-0.25, -0.2) is 4.98 Å². The molecule has 0 aliphatic rings. The number of benzene rings is 1. The summed E-state index contributed by atoms with van der Waals surface area (Å²) in [6.07, 6.45) is 1.80.